The van der Waals surface area contributed by atoms with Crippen LogP contribution in [0.3, 0.4) is 0 Å². The van der Waals surface area contributed by atoms with Gasteiger partial charge in [0.2, 0.25) is 0 Å². The Morgan fingerprint density at radius 2 is 1.73 bits per heavy atom. The highest BCUT2D eigenvalue weighted by molar-refractivity contribution is 9.10. The molecule has 0 N–H and O–H groups in total. The van der Waals surface area contributed by atoms with E-state index in [1.165, 1.54) is 10.8 Å². The minimum atomic E-state index is 0.842. The molecule has 0 saturated carbocycles. The summed E-state index contributed by atoms with van der Waals surface area (Å²) < 4.78 is 8.57. The number of pyridine rings is 2. The first-order valence-electron chi connectivity index (χ1n) is 8.38. The molecule has 0 unspecified atom stereocenters. The summed E-state index contributed by atoms with van der Waals surface area (Å²) in [5, 5.41) is 2.37. The van der Waals surface area contributed by atoms with Crippen LogP contribution in [0.25, 0.3) is 38.6 Å². The van der Waals surface area contributed by atoms with Gasteiger partial charge in [0, 0.05) is 32.5 Å². The van der Waals surface area contributed by atoms with Crippen LogP contribution in [0.1, 0.15) is 0 Å². The van der Waals surface area contributed by atoms with Gasteiger partial charge in [-0.3, -0.25) is 0 Å². The van der Waals surface area contributed by atoms with E-state index < -0.39 is 0 Å². The number of rotatable bonds is 2. The second kappa shape index (κ2) is 5.85. The molecule has 4 heteroatoms. The predicted octanol–water partition coefficient (Wildman–Crippen LogP) is 6.08. The summed E-state index contributed by atoms with van der Waals surface area (Å²) in [4.78, 5) is 5.00. The van der Waals surface area contributed by atoms with Crippen molar-refractivity contribution in [2.45, 2.75) is 0 Å². The van der Waals surface area contributed by atoms with Crippen LogP contribution >= 0.6 is 15.9 Å². The first-order valence-corrected chi connectivity index (χ1v) is 9.17. The van der Waals surface area contributed by atoms with E-state index in [9.17, 15) is 0 Å². The van der Waals surface area contributed by atoms with Crippen molar-refractivity contribution in [2.24, 2.45) is 0 Å². The van der Waals surface area contributed by atoms with Crippen LogP contribution in [0.5, 0.6) is 5.75 Å². The molecule has 2 aromatic carbocycles. The Balaban J connectivity index is 1.94. The Labute approximate surface area is 159 Å². The number of nitrogens with zero attached hydrogens (tertiary/aromatic N) is 2. The summed E-state index contributed by atoms with van der Waals surface area (Å²) >= 11 is 3.58. The molecule has 0 fully saturated rings. The number of fused-ring (bicyclic) bond motifs is 5. The predicted molar refractivity (Wildman–Crippen MR) is 110 cm³/mol. The van der Waals surface area contributed by atoms with E-state index in [1.807, 2.05) is 18.2 Å². The lowest BCUT2D eigenvalue weighted by molar-refractivity contribution is 0.415. The van der Waals surface area contributed by atoms with Gasteiger partial charge in [0.1, 0.15) is 5.75 Å². The van der Waals surface area contributed by atoms with Gasteiger partial charge in [0.25, 0.3) is 0 Å². The van der Waals surface area contributed by atoms with Gasteiger partial charge in [-0.25, -0.2) is 4.98 Å². The van der Waals surface area contributed by atoms with Gasteiger partial charge in [0.05, 0.1) is 23.8 Å². The number of benzene rings is 2. The van der Waals surface area contributed by atoms with Crippen molar-refractivity contribution < 1.29 is 4.74 Å². The highest BCUT2D eigenvalue weighted by atomic mass is 79.9. The minimum Gasteiger partial charge on any atom is -0.497 e. The highest BCUT2D eigenvalue weighted by Gasteiger charge is 2.15. The third-order valence-corrected chi connectivity index (χ3v) is 5.24. The van der Waals surface area contributed by atoms with Gasteiger partial charge in [-0.1, -0.05) is 34.1 Å². The Morgan fingerprint density at radius 1 is 0.923 bits per heavy atom. The third-order valence-electron chi connectivity index (χ3n) is 4.75. The van der Waals surface area contributed by atoms with Gasteiger partial charge < -0.3 is 9.14 Å². The number of aromatic nitrogens is 2. The fraction of sp³-hybridized carbons (Fsp3) is 0.0455. The first kappa shape index (κ1) is 15.4. The lowest BCUT2D eigenvalue weighted by Crippen LogP contribution is -1.92. The van der Waals surface area contributed by atoms with Crippen LogP contribution in [-0.4, -0.2) is 16.5 Å². The maximum atomic E-state index is 5.30. The van der Waals surface area contributed by atoms with Crippen LogP contribution in [-0.2, 0) is 0 Å². The quantitative estimate of drug-likeness (QED) is 0.357. The van der Waals surface area contributed by atoms with Crippen molar-refractivity contribution in [1.29, 1.82) is 0 Å². The molecule has 0 aliphatic heterocycles. The van der Waals surface area contributed by atoms with Crippen molar-refractivity contribution in [2.75, 3.05) is 7.11 Å². The monoisotopic (exact) mass is 402 g/mol. The zero-order valence-corrected chi connectivity index (χ0v) is 15.7. The molecule has 26 heavy (non-hydrogen) atoms. The fourth-order valence-electron chi connectivity index (χ4n) is 3.52. The van der Waals surface area contributed by atoms with Crippen molar-refractivity contribution in [3.63, 3.8) is 0 Å². The van der Waals surface area contributed by atoms with E-state index in [2.05, 4.69) is 75.1 Å². The summed E-state index contributed by atoms with van der Waals surface area (Å²) in [6, 6.07) is 22.8. The van der Waals surface area contributed by atoms with E-state index in [1.54, 1.807) is 7.11 Å². The van der Waals surface area contributed by atoms with Gasteiger partial charge >= 0.3 is 0 Å². The molecule has 0 bridgehead atoms. The van der Waals surface area contributed by atoms with E-state index in [4.69, 9.17) is 9.72 Å². The average Bonchev–Trinajstić information content (AvgIpc) is 3.06. The van der Waals surface area contributed by atoms with E-state index >= 15 is 0 Å². The first-order chi connectivity index (χ1) is 12.7. The summed E-state index contributed by atoms with van der Waals surface area (Å²) in [6.07, 6.45) is 2.09. The Morgan fingerprint density at radius 3 is 2.54 bits per heavy atom. The zero-order valence-electron chi connectivity index (χ0n) is 14.1. The molecule has 0 atom stereocenters. The Bertz CT molecular complexity index is 1270. The largest absolute Gasteiger partial charge is 0.497 e. The zero-order chi connectivity index (χ0) is 17.7. The fourth-order valence-corrected chi connectivity index (χ4v) is 3.87. The molecule has 0 amide bonds. The Hall–Kier alpha value is -2.85. The summed E-state index contributed by atoms with van der Waals surface area (Å²) in [6.45, 7) is 0. The molecular formula is C22H15BrN2O. The molecule has 0 saturated heterocycles. The second-order valence-corrected chi connectivity index (χ2v) is 7.17. The maximum absolute atomic E-state index is 5.30. The number of para-hydroxylation sites is 1. The van der Waals surface area contributed by atoms with Crippen molar-refractivity contribution in [3.8, 4) is 17.0 Å². The van der Waals surface area contributed by atoms with Crippen LogP contribution in [0.15, 0.2) is 77.4 Å². The summed E-state index contributed by atoms with van der Waals surface area (Å²) in [7, 11) is 1.68. The topological polar surface area (TPSA) is 26.5 Å². The molecule has 3 aromatic heterocycles. The average molecular weight is 403 g/mol. The third kappa shape index (κ3) is 2.30. The van der Waals surface area contributed by atoms with E-state index in [-0.39, 0.29) is 0 Å². The van der Waals surface area contributed by atoms with Crippen molar-refractivity contribution >= 4 is 43.3 Å². The number of hydrogen-bond donors (Lipinski definition) is 0. The Kier molecular flexibility index (Phi) is 3.47. The van der Waals surface area contributed by atoms with Gasteiger partial charge in [-0.05, 0) is 48.5 Å². The number of hydrogen-bond acceptors (Lipinski definition) is 2. The van der Waals surface area contributed by atoms with Gasteiger partial charge in [-0.15, -0.1) is 0 Å². The molecule has 126 valence electrons. The second-order valence-electron chi connectivity index (χ2n) is 6.25. The molecule has 0 aliphatic carbocycles. The molecular weight excluding hydrogens is 388 g/mol. The van der Waals surface area contributed by atoms with E-state index in [0.717, 1.165) is 38.0 Å². The van der Waals surface area contributed by atoms with Gasteiger partial charge in [-0.2, -0.15) is 0 Å². The maximum Gasteiger partial charge on any atom is 0.118 e. The number of halogens is 1. The molecule has 5 rings (SSSR count). The lowest BCUT2D eigenvalue weighted by Gasteiger charge is -2.09. The minimum absolute atomic E-state index is 0.842. The normalized spacial score (nSPS) is 11.5. The molecule has 3 nitrogen and oxygen atoms in total. The summed E-state index contributed by atoms with van der Waals surface area (Å²) in [5.74, 6) is 0.842. The molecule has 0 spiro atoms. The van der Waals surface area contributed by atoms with Crippen molar-refractivity contribution in [3.05, 3.63) is 77.4 Å². The highest BCUT2D eigenvalue weighted by Crippen LogP contribution is 2.35. The van der Waals surface area contributed by atoms with Crippen LogP contribution in [0.2, 0.25) is 0 Å². The lowest BCUT2D eigenvalue weighted by atomic mass is 10.1. The number of ether oxygens (including phenoxy) is 1. The summed E-state index contributed by atoms with van der Waals surface area (Å²) in [5.41, 5.74) is 5.31. The SMILES string of the molecule is COc1ccc(-c2nc3ccccc3c3cc4cc(Br)ccn4c23)cc1. The number of methoxy groups -OCH3 is 1. The van der Waals surface area contributed by atoms with Crippen LogP contribution in [0.4, 0.5) is 0 Å². The smallest absolute Gasteiger partial charge is 0.118 e. The standard InChI is InChI=1S/C22H15BrN2O/c1-26-17-8-6-14(7-9-17)21-22-19(18-4-2-3-5-20(18)24-21)13-16-12-15(23)10-11-25(16)22/h2-13H,1H3. The van der Waals surface area contributed by atoms with Crippen molar-refractivity contribution in [1.82, 2.24) is 9.38 Å². The molecule has 5 aromatic rings. The molecule has 0 aliphatic rings. The molecule has 3 heterocycles. The van der Waals surface area contributed by atoms with Crippen LogP contribution < -0.4 is 4.74 Å². The molecule has 0 radical (unpaired) electrons. The van der Waals surface area contributed by atoms with Crippen LogP contribution in [0, 0.1) is 0 Å². The van der Waals surface area contributed by atoms with E-state index in [0.29, 0.717) is 0 Å². The van der Waals surface area contributed by atoms with Gasteiger partial charge in [0.15, 0.2) is 0 Å².